The zero-order valence-electron chi connectivity index (χ0n) is 13.1. The molecule has 2 N–H and O–H groups in total. The molecule has 0 saturated heterocycles. The molecule has 4 nitrogen and oxygen atoms in total. The van der Waals surface area contributed by atoms with Crippen molar-refractivity contribution in [2.45, 2.75) is 50.9 Å². The standard InChI is InChI=1S/C18H25N3O/c22-17(15-4-14(15)16-8-19-10-21-16)20-9-18-5-11-1-12(6-18)3-13(2-11)7-18/h8,10-15H,1-7,9H2,(H,19,21)(H,20,22)/t11?,12?,13?,14-,15?,18?/m0/s1. The Morgan fingerprint density at radius 2 is 1.86 bits per heavy atom. The van der Waals surface area contributed by atoms with Crippen LogP contribution in [0, 0.1) is 29.1 Å². The van der Waals surface area contributed by atoms with Crippen LogP contribution < -0.4 is 5.32 Å². The molecular formula is C18H25N3O. The number of hydrogen-bond donors (Lipinski definition) is 2. The second-order valence-electron chi connectivity index (χ2n) is 8.59. The van der Waals surface area contributed by atoms with Crippen LogP contribution in [-0.2, 0) is 4.79 Å². The van der Waals surface area contributed by atoms with Crippen molar-refractivity contribution in [1.82, 2.24) is 15.3 Å². The Hall–Kier alpha value is -1.32. The van der Waals surface area contributed by atoms with E-state index in [9.17, 15) is 4.79 Å². The van der Waals surface area contributed by atoms with Crippen LogP contribution in [0.4, 0.5) is 0 Å². The van der Waals surface area contributed by atoms with Crippen LogP contribution in [-0.4, -0.2) is 22.4 Å². The number of rotatable bonds is 4. The molecule has 5 aliphatic carbocycles. The third-order valence-electron chi connectivity index (χ3n) is 6.85. The van der Waals surface area contributed by atoms with Crippen molar-refractivity contribution < 1.29 is 4.79 Å². The summed E-state index contributed by atoms with van der Waals surface area (Å²) in [6.07, 6.45) is 13.1. The number of H-pyrrole nitrogens is 1. The molecule has 0 spiro atoms. The normalized spacial score (nSPS) is 45.0. The molecule has 1 unspecified atom stereocenters. The molecule has 4 heteroatoms. The van der Waals surface area contributed by atoms with E-state index in [0.717, 1.165) is 36.4 Å². The maximum atomic E-state index is 12.5. The van der Waals surface area contributed by atoms with Crippen LogP contribution >= 0.6 is 0 Å². The molecule has 0 aromatic carbocycles. The van der Waals surface area contributed by atoms with Gasteiger partial charge in [-0.1, -0.05) is 0 Å². The molecule has 1 aromatic heterocycles. The molecule has 5 saturated carbocycles. The van der Waals surface area contributed by atoms with Crippen LogP contribution in [0.1, 0.15) is 56.6 Å². The minimum absolute atomic E-state index is 0.175. The largest absolute Gasteiger partial charge is 0.355 e. The number of nitrogens with one attached hydrogen (secondary N) is 2. The van der Waals surface area contributed by atoms with E-state index in [-0.39, 0.29) is 11.8 Å². The average Bonchev–Trinajstić information content (AvgIpc) is 3.09. The van der Waals surface area contributed by atoms with Crippen LogP contribution in [0.25, 0.3) is 0 Å². The van der Waals surface area contributed by atoms with Gasteiger partial charge in [0.05, 0.1) is 6.33 Å². The van der Waals surface area contributed by atoms with Crippen molar-refractivity contribution in [2.24, 2.45) is 29.1 Å². The summed E-state index contributed by atoms with van der Waals surface area (Å²) >= 11 is 0. The highest BCUT2D eigenvalue weighted by atomic mass is 16.2. The first-order valence-electron chi connectivity index (χ1n) is 8.97. The third-order valence-corrected chi connectivity index (χ3v) is 6.85. The van der Waals surface area contributed by atoms with Gasteiger partial charge >= 0.3 is 0 Å². The molecule has 22 heavy (non-hydrogen) atoms. The number of hydrogen-bond acceptors (Lipinski definition) is 2. The van der Waals surface area contributed by atoms with Crippen LogP contribution in [0.15, 0.2) is 12.5 Å². The number of carbonyl (C=O) groups excluding carboxylic acids is 1. The Kier molecular flexibility index (Phi) is 2.74. The van der Waals surface area contributed by atoms with E-state index in [1.165, 1.54) is 38.5 Å². The highest BCUT2D eigenvalue weighted by Crippen LogP contribution is 2.59. The monoisotopic (exact) mass is 299 g/mol. The predicted octanol–water partition coefficient (Wildman–Crippen LogP) is 2.85. The lowest BCUT2D eigenvalue weighted by molar-refractivity contribution is -0.124. The van der Waals surface area contributed by atoms with Crippen molar-refractivity contribution >= 4 is 5.91 Å². The van der Waals surface area contributed by atoms with E-state index in [4.69, 9.17) is 0 Å². The maximum absolute atomic E-state index is 12.5. The zero-order chi connectivity index (χ0) is 14.7. The van der Waals surface area contributed by atoms with Crippen molar-refractivity contribution in [2.75, 3.05) is 6.54 Å². The van der Waals surface area contributed by atoms with Gasteiger partial charge in [-0.25, -0.2) is 4.98 Å². The van der Waals surface area contributed by atoms with E-state index in [2.05, 4.69) is 15.3 Å². The molecule has 0 radical (unpaired) electrons. The fraction of sp³-hybridized carbons (Fsp3) is 0.778. The summed E-state index contributed by atoms with van der Waals surface area (Å²) in [6.45, 7) is 0.932. The van der Waals surface area contributed by atoms with Crippen LogP contribution in [0.5, 0.6) is 0 Å². The SMILES string of the molecule is O=C(NCC12CC3CC(CC(C3)C1)C2)C1C[C@@H]1c1cnc[nH]1. The fourth-order valence-corrected chi connectivity index (χ4v) is 6.21. The van der Waals surface area contributed by atoms with Gasteiger partial charge in [-0.3, -0.25) is 4.79 Å². The molecule has 6 rings (SSSR count). The number of nitrogens with zero attached hydrogens (tertiary/aromatic N) is 1. The maximum Gasteiger partial charge on any atom is 0.223 e. The highest BCUT2D eigenvalue weighted by molar-refractivity contribution is 5.82. The Morgan fingerprint density at radius 1 is 1.18 bits per heavy atom. The molecule has 0 aliphatic heterocycles. The number of carbonyl (C=O) groups is 1. The third kappa shape index (κ3) is 2.10. The van der Waals surface area contributed by atoms with Gasteiger partial charge in [-0.05, 0) is 68.1 Å². The van der Waals surface area contributed by atoms with Gasteiger partial charge in [-0.15, -0.1) is 0 Å². The molecule has 4 bridgehead atoms. The van der Waals surface area contributed by atoms with Crippen molar-refractivity contribution in [3.05, 3.63) is 18.2 Å². The van der Waals surface area contributed by atoms with Gasteiger partial charge in [-0.2, -0.15) is 0 Å². The summed E-state index contributed by atoms with van der Waals surface area (Å²) in [5.74, 6) is 3.70. The van der Waals surface area contributed by atoms with E-state index in [1.807, 2.05) is 6.20 Å². The van der Waals surface area contributed by atoms with E-state index in [1.54, 1.807) is 6.33 Å². The lowest BCUT2D eigenvalue weighted by atomic mass is 9.49. The molecule has 5 fully saturated rings. The van der Waals surface area contributed by atoms with Crippen LogP contribution in [0.2, 0.25) is 0 Å². The van der Waals surface area contributed by atoms with E-state index < -0.39 is 0 Å². The summed E-state index contributed by atoms with van der Waals surface area (Å²) in [4.78, 5) is 19.7. The predicted molar refractivity (Wildman–Crippen MR) is 83.1 cm³/mol. The summed E-state index contributed by atoms with van der Waals surface area (Å²) in [5, 5.41) is 3.32. The van der Waals surface area contributed by atoms with Crippen molar-refractivity contribution in [3.63, 3.8) is 0 Å². The van der Waals surface area contributed by atoms with Crippen molar-refractivity contribution in [1.29, 1.82) is 0 Å². The van der Waals surface area contributed by atoms with Gasteiger partial charge < -0.3 is 10.3 Å². The second-order valence-corrected chi connectivity index (χ2v) is 8.59. The van der Waals surface area contributed by atoms with Gasteiger partial charge in [0, 0.05) is 30.3 Å². The van der Waals surface area contributed by atoms with Gasteiger partial charge in [0.25, 0.3) is 0 Å². The molecule has 1 amide bonds. The number of aromatic nitrogens is 2. The van der Waals surface area contributed by atoms with E-state index in [0.29, 0.717) is 11.3 Å². The fourth-order valence-electron chi connectivity index (χ4n) is 6.21. The smallest absolute Gasteiger partial charge is 0.223 e. The first-order chi connectivity index (χ1) is 10.7. The van der Waals surface area contributed by atoms with Gasteiger partial charge in [0.1, 0.15) is 0 Å². The summed E-state index contributed by atoms with van der Waals surface area (Å²) in [5.41, 5.74) is 1.57. The number of aromatic amines is 1. The summed E-state index contributed by atoms with van der Waals surface area (Å²) in [7, 11) is 0. The van der Waals surface area contributed by atoms with Gasteiger partial charge in [0.15, 0.2) is 0 Å². The molecule has 118 valence electrons. The lowest BCUT2D eigenvalue weighted by Crippen LogP contribution is -2.51. The molecule has 1 aromatic rings. The topological polar surface area (TPSA) is 57.8 Å². The second kappa shape index (κ2) is 4.59. The Bertz CT molecular complexity index is 544. The molecule has 5 aliphatic rings. The summed E-state index contributed by atoms with van der Waals surface area (Å²) in [6, 6.07) is 0. The number of imidazole rings is 1. The summed E-state index contributed by atoms with van der Waals surface area (Å²) < 4.78 is 0. The molecule has 2 atom stereocenters. The first-order valence-corrected chi connectivity index (χ1v) is 8.97. The highest BCUT2D eigenvalue weighted by Gasteiger charge is 2.51. The minimum Gasteiger partial charge on any atom is -0.355 e. The first kappa shape index (κ1) is 13.1. The Labute approximate surface area is 131 Å². The number of amides is 1. The lowest BCUT2D eigenvalue weighted by Gasteiger charge is -2.56. The molecule has 1 heterocycles. The Morgan fingerprint density at radius 3 is 2.45 bits per heavy atom. The zero-order valence-corrected chi connectivity index (χ0v) is 13.1. The Balaban J connectivity index is 1.20. The van der Waals surface area contributed by atoms with Crippen molar-refractivity contribution in [3.8, 4) is 0 Å². The molecular weight excluding hydrogens is 274 g/mol. The van der Waals surface area contributed by atoms with E-state index >= 15 is 0 Å². The minimum atomic E-state index is 0.175. The van der Waals surface area contributed by atoms with Gasteiger partial charge in [0.2, 0.25) is 5.91 Å². The quantitative estimate of drug-likeness (QED) is 0.898. The van der Waals surface area contributed by atoms with Crippen LogP contribution in [0.3, 0.4) is 0 Å². The average molecular weight is 299 g/mol.